The van der Waals surface area contributed by atoms with E-state index in [0.717, 1.165) is 83.5 Å². The molecule has 57 heavy (non-hydrogen) atoms. The van der Waals surface area contributed by atoms with Gasteiger partial charge in [-0.2, -0.15) is 0 Å². The third-order valence-corrected chi connectivity index (χ3v) is 11.0. The molecule has 0 rings (SSSR count). The molecular formula is C51H93NO5. The maximum Gasteiger partial charge on any atom is 0.306 e. The fraction of sp³-hybridized carbons (Fsp3) is 0.804. The lowest BCUT2D eigenvalue weighted by atomic mass is 10.0. The number of hydrogen-bond acceptors (Lipinski definition) is 5. The first-order chi connectivity index (χ1) is 28.0. The molecule has 3 N–H and O–H groups in total. The standard InChI is InChI=1S/C51H93NO5/c1-4-7-10-13-16-19-22-25-28-31-34-37-40-43-49(54)48(46-53)52-50(55)45-47(42-39-36-33-30-27-24-21-18-15-12-9-6-3)57-51(56)44-41-38-35-32-29-26-23-20-17-14-11-8-5-2/h8,11,14,17,20,23,30,33,47-49,53-54H,4-7,9-10,12-13,15-16,18-19,21-22,24-29,31-32,34-46H2,1-3H3,(H,52,55)/b11-8+,17-14+,23-20-,33-30-. The van der Waals surface area contributed by atoms with Crippen molar-refractivity contribution in [3.05, 3.63) is 48.6 Å². The summed E-state index contributed by atoms with van der Waals surface area (Å²) in [5.41, 5.74) is 0. The molecule has 6 heteroatoms. The molecule has 0 aromatic heterocycles. The van der Waals surface area contributed by atoms with Crippen LogP contribution < -0.4 is 5.32 Å². The molecular weight excluding hydrogens is 707 g/mol. The predicted molar refractivity (Wildman–Crippen MR) is 245 cm³/mol. The van der Waals surface area contributed by atoms with Crippen molar-refractivity contribution in [3.63, 3.8) is 0 Å². The molecule has 0 bridgehead atoms. The summed E-state index contributed by atoms with van der Waals surface area (Å²) < 4.78 is 5.89. The summed E-state index contributed by atoms with van der Waals surface area (Å²) in [7, 11) is 0. The number of hydrogen-bond donors (Lipinski definition) is 3. The Labute approximate surface area is 353 Å². The predicted octanol–water partition coefficient (Wildman–Crippen LogP) is 14.3. The molecule has 0 heterocycles. The Balaban J connectivity index is 4.62. The van der Waals surface area contributed by atoms with Gasteiger partial charge in [-0.1, -0.05) is 211 Å². The SMILES string of the molecule is CC/C=C/C=C/C=C\CCCCCCCC(=O)OC(CCC/C=C\CCCCCCCCC)CC(=O)NC(CO)C(O)CCCCCCCCCCCCCCC. The number of unbranched alkanes of at least 4 members (excludes halogenated alkanes) is 25. The molecule has 0 saturated heterocycles. The van der Waals surface area contributed by atoms with Gasteiger partial charge in [0.1, 0.15) is 6.10 Å². The second kappa shape index (κ2) is 44.9. The number of carbonyl (C=O) groups is 2. The van der Waals surface area contributed by atoms with E-state index in [-0.39, 0.29) is 24.9 Å². The largest absolute Gasteiger partial charge is 0.462 e. The van der Waals surface area contributed by atoms with Crippen LogP contribution in [-0.4, -0.2) is 46.9 Å². The van der Waals surface area contributed by atoms with Gasteiger partial charge in [-0.3, -0.25) is 9.59 Å². The van der Waals surface area contributed by atoms with E-state index in [1.165, 1.54) is 109 Å². The molecule has 0 aromatic carbocycles. The molecule has 0 aromatic rings. The van der Waals surface area contributed by atoms with Gasteiger partial charge in [0, 0.05) is 6.42 Å². The number of aliphatic hydroxyl groups is 2. The lowest BCUT2D eigenvalue weighted by Crippen LogP contribution is -2.46. The fourth-order valence-corrected chi connectivity index (χ4v) is 7.25. The van der Waals surface area contributed by atoms with Gasteiger partial charge in [0.05, 0.1) is 25.2 Å². The van der Waals surface area contributed by atoms with Crippen molar-refractivity contribution in [1.82, 2.24) is 5.32 Å². The van der Waals surface area contributed by atoms with E-state index in [4.69, 9.17) is 4.74 Å². The highest BCUT2D eigenvalue weighted by molar-refractivity contribution is 5.77. The average Bonchev–Trinajstić information content (AvgIpc) is 3.20. The first kappa shape index (κ1) is 54.8. The van der Waals surface area contributed by atoms with Crippen LogP contribution in [0, 0.1) is 0 Å². The van der Waals surface area contributed by atoms with Crippen LogP contribution in [-0.2, 0) is 14.3 Å². The van der Waals surface area contributed by atoms with Crippen LogP contribution in [0.25, 0.3) is 0 Å². The second-order valence-corrected chi connectivity index (χ2v) is 16.5. The second-order valence-electron chi connectivity index (χ2n) is 16.5. The number of allylic oxidation sites excluding steroid dienone is 8. The Morgan fingerprint density at radius 2 is 0.982 bits per heavy atom. The molecule has 1 amide bonds. The maximum absolute atomic E-state index is 13.2. The Morgan fingerprint density at radius 3 is 1.51 bits per heavy atom. The molecule has 0 aliphatic rings. The molecule has 3 unspecified atom stereocenters. The summed E-state index contributed by atoms with van der Waals surface area (Å²) in [5, 5.41) is 23.7. The van der Waals surface area contributed by atoms with Crippen LogP contribution >= 0.6 is 0 Å². The summed E-state index contributed by atoms with van der Waals surface area (Å²) in [5.74, 6) is -0.525. The van der Waals surface area contributed by atoms with Gasteiger partial charge < -0.3 is 20.3 Å². The smallest absolute Gasteiger partial charge is 0.306 e. The summed E-state index contributed by atoms with van der Waals surface area (Å²) in [6.07, 6.45) is 53.1. The molecule has 0 saturated carbocycles. The van der Waals surface area contributed by atoms with E-state index in [9.17, 15) is 19.8 Å². The topological polar surface area (TPSA) is 95.9 Å². The Bertz CT molecular complexity index is 988. The highest BCUT2D eigenvalue weighted by Crippen LogP contribution is 2.17. The monoisotopic (exact) mass is 800 g/mol. The molecule has 0 aliphatic carbocycles. The van der Waals surface area contributed by atoms with E-state index in [1.54, 1.807) is 0 Å². The van der Waals surface area contributed by atoms with Crippen LogP contribution in [0.5, 0.6) is 0 Å². The van der Waals surface area contributed by atoms with Crippen LogP contribution in [0.4, 0.5) is 0 Å². The van der Waals surface area contributed by atoms with Crippen LogP contribution in [0.3, 0.4) is 0 Å². The van der Waals surface area contributed by atoms with E-state index in [2.05, 4.69) is 74.7 Å². The third-order valence-electron chi connectivity index (χ3n) is 11.0. The van der Waals surface area contributed by atoms with Gasteiger partial charge >= 0.3 is 5.97 Å². The van der Waals surface area contributed by atoms with Crippen LogP contribution in [0.15, 0.2) is 48.6 Å². The van der Waals surface area contributed by atoms with Crippen molar-refractivity contribution in [1.29, 1.82) is 0 Å². The minimum Gasteiger partial charge on any atom is -0.462 e. The molecule has 0 spiro atoms. The zero-order valence-electron chi connectivity index (χ0n) is 37.7. The number of ether oxygens (including phenoxy) is 1. The first-order valence-electron chi connectivity index (χ1n) is 24.4. The van der Waals surface area contributed by atoms with Crippen molar-refractivity contribution in [3.8, 4) is 0 Å². The fourth-order valence-electron chi connectivity index (χ4n) is 7.25. The lowest BCUT2D eigenvalue weighted by Gasteiger charge is -2.24. The van der Waals surface area contributed by atoms with Crippen molar-refractivity contribution in [2.24, 2.45) is 0 Å². The first-order valence-corrected chi connectivity index (χ1v) is 24.4. The third kappa shape index (κ3) is 40.4. The van der Waals surface area contributed by atoms with Gasteiger partial charge in [-0.25, -0.2) is 0 Å². The Hall–Kier alpha value is -2.18. The number of rotatable bonds is 43. The van der Waals surface area contributed by atoms with Gasteiger partial charge in [0.15, 0.2) is 0 Å². The molecule has 0 radical (unpaired) electrons. The van der Waals surface area contributed by atoms with Gasteiger partial charge in [-0.05, 0) is 64.2 Å². The number of aliphatic hydroxyl groups excluding tert-OH is 2. The van der Waals surface area contributed by atoms with E-state index in [1.807, 2.05) is 0 Å². The molecule has 0 aliphatic heterocycles. The minimum absolute atomic E-state index is 0.0487. The number of carbonyl (C=O) groups excluding carboxylic acids is 2. The highest BCUT2D eigenvalue weighted by atomic mass is 16.5. The maximum atomic E-state index is 13.2. The molecule has 6 nitrogen and oxygen atoms in total. The molecule has 0 fully saturated rings. The number of esters is 1. The average molecular weight is 800 g/mol. The number of nitrogens with one attached hydrogen (secondary N) is 1. The van der Waals surface area contributed by atoms with Gasteiger partial charge in [-0.15, -0.1) is 0 Å². The van der Waals surface area contributed by atoms with E-state index in [0.29, 0.717) is 19.3 Å². The Morgan fingerprint density at radius 1 is 0.526 bits per heavy atom. The summed E-state index contributed by atoms with van der Waals surface area (Å²) >= 11 is 0. The zero-order chi connectivity index (χ0) is 41.7. The number of amides is 1. The molecule has 332 valence electrons. The normalized spacial score (nSPS) is 13.7. The van der Waals surface area contributed by atoms with E-state index >= 15 is 0 Å². The van der Waals surface area contributed by atoms with E-state index < -0.39 is 18.2 Å². The molecule has 3 atom stereocenters. The summed E-state index contributed by atoms with van der Waals surface area (Å²) in [6, 6.07) is -0.712. The van der Waals surface area contributed by atoms with Crippen molar-refractivity contribution in [2.75, 3.05) is 6.61 Å². The van der Waals surface area contributed by atoms with Crippen molar-refractivity contribution >= 4 is 11.9 Å². The zero-order valence-corrected chi connectivity index (χ0v) is 37.7. The van der Waals surface area contributed by atoms with Crippen LogP contribution in [0.1, 0.15) is 239 Å². The van der Waals surface area contributed by atoms with Gasteiger partial charge in [0.2, 0.25) is 5.91 Å². The van der Waals surface area contributed by atoms with Crippen molar-refractivity contribution in [2.45, 2.75) is 257 Å². The quantitative estimate of drug-likeness (QED) is 0.0247. The highest BCUT2D eigenvalue weighted by Gasteiger charge is 2.24. The summed E-state index contributed by atoms with van der Waals surface area (Å²) in [4.78, 5) is 26.0. The lowest BCUT2D eigenvalue weighted by molar-refractivity contribution is -0.151. The van der Waals surface area contributed by atoms with Crippen molar-refractivity contribution < 1.29 is 24.5 Å². The van der Waals surface area contributed by atoms with Gasteiger partial charge in [0.25, 0.3) is 0 Å². The van der Waals surface area contributed by atoms with Crippen LogP contribution in [0.2, 0.25) is 0 Å². The Kier molecular flexibility index (Phi) is 43.2. The summed E-state index contributed by atoms with van der Waals surface area (Å²) in [6.45, 7) is 6.33. The minimum atomic E-state index is -0.796.